The van der Waals surface area contributed by atoms with E-state index in [1.165, 1.54) is 0 Å². The second-order valence-electron chi connectivity index (χ2n) is 6.80. The number of hydrogen-bond donors (Lipinski definition) is 2. The summed E-state index contributed by atoms with van der Waals surface area (Å²) in [6.45, 7) is 5.16. The van der Waals surface area contributed by atoms with Gasteiger partial charge < -0.3 is 15.2 Å². The summed E-state index contributed by atoms with van der Waals surface area (Å²) in [4.78, 5) is 16.1. The predicted octanol–water partition coefficient (Wildman–Crippen LogP) is 4.42. The summed E-state index contributed by atoms with van der Waals surface area (Å²) in [6.07, 6.45) is 2.31. The first-order valence-electron chi connectivity index (χ1n) is 9.26. The van der Waals surface area contributed by atoms with Crippen LogP contribution in [-0.2, 0) is 11.2 Å². The Kier molecular flexibility index (Phi) is 4.62. The highest BCUT2D eigenvalue weighted by Crippen LogP contribution is 2.29. The Labute approximate surface area is 158 Å². The van der Waals surface area contributed by atoms with Crippen molar-refractivity contribution in [1.29, 1.82) is 0 Å². The van der Waals surface area contributed by atoms with Gasteiger partial charge in [0.25, 0.3) is 5.89 Å². The number of benzene rings is 2. The van der Waals surface area contributed by atoms with Crippen molar-refractivity contribution in [3.8, 4) is 22.8 Å². The van der Waals surface area contributed by atoms with Crippen LogP contribution in [0.25, 0.3) is 22.8 Å². The zero-order valence-electron chi connectivity index (χ0n) is 15.5. The average molecular weight is 362 g/mol. The number of nitrogens with zero attached hydrogens (tertiary/aromatic N) is 2. The van der Waals surface area contributed by atoms with Crippen LogP contribution in [0.4, 0.5) is 11.4 Å². The minimum absolute atomic E-state index is 0.0596. The lowest BCUT2D eigenvalue weighted by atomic mass is 10.0. The number of aromatic nitrogens is 2. The van der Waals surface area contributed by atoms with E-state index in [9.17, 15) is 4.79 Å². The number of rotatable bonds is 5. The van der Waals surface area contributed by atoms with Gasteiger partial charge in [-0.3, -0.25) is 4.79 Å². The van der Waals surface area contributed by atoms with E-state index in [1.54, 1.807) is 0 Å². The molecule has 0 fully saturated rings. The first-order chi connectivity index (χ1) is 13.1. The van der Waals surface area contributed by atoms with Crippen LogP contribution in [0.1, 0.15) is 30.9 Å². The summed E-state index contributed by atoms with van der Waals surface area (Å²) in [6, 6.07) is 11.9. The topological polar surface area (TPSA) is 80.0 Å². The smallest absolute Gasteiger partial charge is 0.258 e. The van der Waals surface area contributed by atoms with Crippen LogP contribution in [0.2, 0.25) is 0 Å². The lowest BCUT2D eigenvalue weighted by Gasteiger charge is -2.16. The fraction of sp³-hybridized carbons (Fsp3) is 0.286. The second kappa shape index (κ2) is 7.23. The van der Waals surface area contributed by atoms with Crippen LogP contribution in [0.15, 0.2) is 40.9 Å². The van der Waals surface area contributed by atoms with Crippen molar-refractivity contribution in [2.24, 2.45) is 0 Å². The summed E-state index contributed by atoms with van der Waals surface area (Å²) in [5.74, 6) is 1.11. The van der Waals surface area contributed by atoms with E-state index in [2.05, 4.69) is 40.7 Å². The Balaban J connectivity index is 1.59. The van der Waals surface area contributed by atoms with Gasteiger partial charge >= 0.3 is 0 Å². The van der Waals surface area contributed by atoms with Crippen molar-refractivity contribution in [2.45, 2.75) is 33.1 Å². The van der Waals surface area contributed by atoms with E-state index in [-0.39, 0.29) is 5.91 Å². The fourth-order valence-corrected chi connectivity index (χ4v) is 3.24. The first-order valence-corrected chi connectivity index (χ1v) is 9.26. The number of nitrogens with one attached hydrogen (secondary N) is 2. The molecule has 6 heteroatoms. The Morgan fingerprint density at radius 3 is 2.81 bits per heavy atom. The van der Waals surface area contributed by atoms with Crippen molar-refractivity contribution in [1.82, 2.24) is 10.1 Å². The molecule has 138 valence electrons. The molecule has 6 nitrogen and oxygen atoms in total. The van der Waals surface area contributed by atoms with Gasteiger partial charge in [0.2, 0.25) is 11.7 Å². The fourth-order valence-electron chi connectivity index (χ4n) is 3.24. The lowest BCUT2D eigenvalue weighted by molar-refractivity contribution is -0.116. The predicted molar refractivity (Wildman–Crippen MR) is 106 cm³/mol. The zero-order chi connectivity index (χ0) is 18.8. The van der Waals surface area contributed by atoms with E-state index in [0.29, 0.717) is 18.1 Å². The van der Waals surface area contributed by atoms with Gasteiger partial charge in [0, 0.05) is 35.5 Å². The molecule has 0 unspecified atom stereocenters. The summed E-state index contributed by atoms with van der Waals surface area (Å²) in [5, 5.41) is 10.4. The molecular formula is C21H22N4O2. The van der Waals surface area contributed by atoms with Gasteiger partial charge in [-0.2, -0.15) is 4.98 Å². The monoisotopic (exact) mass is 362 g/mol. The van der Waals surface area contributed by atoms with Crippen LogP contribution in [-0.4, -0.2) is 22.6 Å². The molecule has 2 aromatic carbocycles. The molecule has 1 amide bonds. The highest BCUT2D eigenvalue weighted by Gasteiger charge is 2.17. The SMILES string of the molecule is CCCNc1ccc(-c2nc(-c3ccc4c(c3)CCC(=O)N4)no2)cc1C. The molecule has 1 aromatic heterocycles. The quantitative estimate of drug-likeness (QED) is 0.702. The van der Waals surface area contributed by atoms with Gasteiger partial charge in [0.05, 0.1) is 0 Å². The zero-order valence-corrected chi connectivity index (χ0v) is 15.5. The summed E-state index contributed by atoms with van der Waals surface area (Å²) < 4.78 is 5.49. The van der Waals surface area contributed by atoms with Gasteiger partial charge in [-0.1, -0.05) is 12.1 Å². The number of aryl methyl sites for hydroxylation is 2. The van der Waals surface area contributed by atoms with Gasteiger partial charge in [-0.05, 0) is 67.3 Å². The van der Waals surface area contributed by atoms with E-state index < -0.39 is 0 Å². The first kappa shape index (κ1) is 17.3. The summed E-state index contributed by atoms with van der Waals surface area (Å²) in [7, 11) is 0. The van der Waals surface area contributed by atoms with Crippen LogP contribution in [0, 0.1) is 6.92 Å². The highest BCUT2D eigenvalue weighted by atomic mass is 16.5. The number of hydrogen-bond acceptors (Lipinski definition) is 5. The summed E-state index contributed by atoms with van der Waals surface area (Å²) >= 11 is 0. The molecule has 0 spiro atoms. The molecule has 0 bridgehead atoms. The maximum absolute atomic E-state index is 11.5. The third-order valence-electron chi connectivity index (χ3n) is 4.72. The van der Waals surface area contributed by atoms with Crippen molar-refractivity contribution < 1.29 is 9.32 Å². The minimum atomic E-state index is 0.0596. The Bertz CT molecular complexity index is 994. The Morgan fingerprint density at radius 1 is 1.15 bits per heavy atom. The molecular weight excluding hydrogens is 340 g/mol. The lowest BCUT2D eigenvalue weighted by Crippen LogP contribution is -2.18. The van der Waals surface area contributed by atoms with E-state index >= 15 is 0 Å². The van der Waals surface area contributed by atoms with Crippen LogP contribution in [0.5, 0.6) is 0 Å². The van der Waals surface area contributed by atoms with Crippen molar-refractivity contribution >= 4 is 17.3 Å². The van der Waals surface area contributed by atoms with Crippen molar-refractivity contribution in [2.75, 3.05) is 17.2 Å². The number of fused-ring (bicyclic) bond motifs is 1. The summed E-state index contributed by atoms with van der Waals surface area (Å²) in [5.41, 5.74) is 6.02. The van der Waals surface area contributed by atoms with Crippen LogP contribution < -0.4 is 10.6 Å². The minimum Gasteiger partial charge on any atom is -0.385 e. The molecule has 1 aliphatic rings. The van der Waals surface area contributed by atoms with Gasteiger partial charge in [-0.15, -0.1) is 0 Å². The molecule has 0 aliphatic carbocycles. The maximum Gasteiger partial charge on any atom is 0.258 e. The highest BCUT2D eigenvalue weighted by molar-refractivity contribution is 5.94. The van der Waals surface area contributed by atoms with Gasteiger partial charge in [0.15, 0.2) is 0 Å². The number of carbonyl (C=O) groups excluding carboxylic acids is 1. The molecule has 4 rings (SSSR count). The standard InChI is InChI=1S/C21H22N4O2/c1-3-10-22-17-7-5-16(11-13(17)2)21-24-20(25-27-21)15-4-8-18-14(12-15)6-9-19(26)23-18/h4-5,7-8,11-12,22H,3,6,9-10H2,1-2H3,(H,23,26). The molecule has 0 saturated carbocycles. The van der Waals surface area contributed by atoms with E-state index in [1.807, 2.05) is 30.3 Å². The third kappa shape index (κ3) is 3.56. The molecule has 2 heterocycles. The molecule has 2 N–H and O–H groups in total. The molecule has 0 saturated heterocycles. The Morgan fingerprint density at radius 2 is 2.00 bits per heavy atom. The molecule has 3 aromatic rings. The van der Waals surface area contributed by atoms with Gasteiger partial charge in [-0.25, -0.2) is 0 Å². The third-order valence-corrected chi connectivity index (χ3v) is 4.72. The maximum atomic E-state index is 11.5. The largest absolute Gasteiger partial charge is 0.385 e. The normalized spacial score (nSPS) is 13.2. The van der Waals surface area contributed by atoms with E-state index in [4.69, 9.17) is 4.52 Å². The van der Waals surface area contributed by atoms with E-state index in [0.717, 1.165) is 53.0 Å². The molecule has 0 radical (unpaired) electrons. The molecule has 27 heavy (non-hydrogen) atoms. The molecule has 0 atom stereocenters. The average Bonchev–Trinajstić information content (AvgIpc) is 3.17. The van der Waals surface area contributed by atoms with Crippen molar-refractivity contribution in [3.63, 3.8) is 0 Å². The second-order valence-corrected chi connectivity index (χ2v) is 6.80. The Hall–Kier alpha value is -3.15. The van der Waals surface area contributed by atoms with Gasteiger partial charge in [0.1, 0.15) is 0 Å². The van der Waals surface area contributed by atoms with Crippen molar-refractivity contribution in [3.05, 3.63) is 47.5 Å². The van der Waals surface area contributed by atoms with Crippen LogP contribution in [0.3, 0.4) is 0 Å². The van der Waals surface area contributed by atoms with Crippen LogP contribution >= 0.6 is 0 Å². The number of anilines is 2. The number of amides is 1. The number of carbonyl (C=O) groups is 1. The molecule has 1 aliphatic heterocycles.